The smallest absolute Gasteiger partial charge is 0.275 e. The van der Waals surface area contributed by atoms with Crippen LogP contribution in [0.15, 0.2) is 72.8 Å². The highest BCUT2D eigenvalue weighted by atomic mass is 32.1. The summed E-state index contributed by atoms with van der Waals surface area (Å²) in [5.41, 5.74) is 8.00. The number of hydrogen-bond donors (Lipinski definition) is 0. The lowest BCUT2D eigenvalue weighted by Gasteiger charge is -2.05. The molecule has 10 rings (SSSR count). The topological polar surface area (TPSA) is 48.3 Å². The summed E-state index contributed by atoms with van der Waals surface area (Å²) < 4.78 is 13.7. The number of rotatable bonds is 0. The van der Waals surface area contributed by atoms with Crippen LogP contribution in [-0.2, 0) is 21.1 Å². The number of fused-ring (bicyclic) bond motifs is 12. The maximum Gasteiger partial charge on any atom is 0.275 e. The van der Waals surface area contributed by atoms with E-state index in [4.69, 9.17) is 0 Å². The first kappa shape index (κ1) is 39.4. The number of aryl methyl sites for hydroxylation is 5. The zero-order valence-electron chi connectivity index (χ0n) is 34.6. The Kier molecular flexibility index (Phi) is 11.9. The molecule has 7 nitrogen and oxygen atoms in total. The summed E-state index contributed by atoms with van der Waals surface area (Å²) in [6.07, 6.45) is 0. The average molecular weight is 730 g/mol. The second kappa shape index (κ2) is 16.0. The summed E-state index contributed by atoms with van der Waals surface area (Å²) in [5, 5.41) is 14.6. The number of nitrogens with zero attached hydrogens (tertiary/aromatic N) is 7. The Hall–Kier alpha value is -4.82. The van der Waals surface area contributed by atoms with Crippen molar-refractivity contribution in [2.45, 2.75) is 95.2 Å². The van der Waals surface area contributed by atoms with Crippen molar-refractivity contribution in [3.8, 4) is 22.8 Å². The molecule has 8 aromatic rings. The van der Waals surface area contributed by atoms with E-state index in [0.717, 1.165) is 11.6 Å². The summed E-state index contributed by atoms with van der Waals surface area (Å²) in [7, 11) is 6.22. The summed E-state index contributed by atoms with van der Waals surface area (Å²) in [4.78, 5) is 0. The third-order valence-electron chi connectivity index (χ3n) is 10.1. The van der Waals surface area contributed by atoms with Crippen LogP contribution < -0.4 is 9.13 Å². The van der Waals surface area contributed by atoms with Crippen LogP contribution in [0.25, 0.3) is 64.8 Å². The van der Waals surface area contributed by atoms with Crippen molar-refractivity contribution in [1.29, 1.82) is 0 Å². The van der Waals surface area contributed by atoms with Crippen molar-refractivity contribution in [2.24, 2.45) is 21.1 Å². The molecule has 0 radical (unpaired) electrons. The van der Waals surface area contributed by atoms with Crippen LogP contribution in [0.2, 0.25) is 0 Å². The minimum Gasteiger partial charge on any atom is -0.344 e. The molecule has 0 N–H and O–H groups in total. The van der Waals surface area contributed by atoms with Crippen LogP contribution in [0.3, 0.4) is 0 Å². The van der Waals surface area contributed by atoms with Gasteiger partial charge in [0.15, 0.2) is 0 Å². The largest absolute Gasteiger partial charge is 0.344 e. The fourth-order valence-corrected chi connectivity index (χ4v) is 9.27. The molecule has 2 aliphatic heterocycles. The number of thiophene rings is 1. The highest BCUT2D eigenvalue weighted by Crippen LogP contribution is 2.42. The van der Waals surface area contributed by atoms with E-state index in [1.54, 1.807) is 0 Å². The molecular weight excluding hydrogens is 671 g/mol. The summed E-state index contributed by atoms with van der Waals surface area (Å²) in [6.45, 7) is 24.7. The summed E-state index contributed by atoms with van der Waals surface area (Å²) in [6, 6.07) is 27.5. The van der Waals surface area contributed by atoms with Crippen LogP contribution in [0.4, 0.5) is 0 Å². The Bertz CT molecular complexity index is 2540. The molecule has 0 bridgehead atoms. The van der Waals surface area contributed by atoms with E-state index in [0.29, 0.717) is 12.1 Å². The number of aromatic nitrogens is 7. The highest BCUT2D eigenvalue weighted by molar-refractivity contribution is 7.25. The standard InChI is InChI=1S/C19H19N4.C18H16N3S.4C2H6/c1-11-14-9-15-13-7-5-6-8-17(13)21(3)18(15)10-16(14)19-22(4)20-12(2)23(11)19;1-10-13-8-14-12-6-4-5-7-16(12)22-17(14)9-15(13)18-20(3)19-11(2)21(10)18;4*1-2/h5-11H,1-4H3;4-10H,1-3H3;4*1-2H3/q2*+1;;;;. The number of benzene rings is 4. The molecule has 0 fully saturated rings. The van der Waals surface area contributed by atoms with Crippen molar-refractivity contribution < 1.29 is 9.13 Å². The predicted molar refractivity (Wildman–Crippen MR) is 227 cm³/mol. The van der Waals surface area contributed by atoms with E-state index < -0.39 is 0 Å². The first-order valence-corrected chi connectivity index (χ1v) is 20.4. The Labute approximate surface area is 320 Å². The minimum absolute atomic E-state index is 0.331. The van der Waals surface area contributed by atoms with Gasteiger partial charge in [0.1, 0.15) is 12.1 Å². The van der Waals surface area contributed by atoms with E-state index in [1.165, 1.54) is 75.9 Å². The van der Waals surface area contributed by atoms with Gasteiger partial charge in [0.25, 0.3) is 23.3 Å². The third kappa shape index (κ3) is 6.15. The van der Waals surface area contributed by atoms with Gasteiger partial charge < -0.3 is 4.57 Å². The second-order valence-electron chi connectivity index (χ2n) is 12.6. The zero-order chi connectivity index (χ0) is 38.9. The maximum atomic E-state index is 4.60. The molecule has 2 atom stereocenters. The van der Waals surface area contributed by atoms with E-state index in [9.17, 15) is 0 Å². The molecule has 6 heterocycles. The predicted octanol–water partition coefficient (Wildman–Crippen LogP) is 11.3. The fourth-order valence-electron chi connectivity index (χ4n) is 8.15. The number of hydrogen-bond acceptors (Lipinski definition) is 3. The molecule has 2 unspecified atom stereocenters. The minimum atomic E-state index is 0.331. The number of para-hydroxylation sites is 1. The van der Waals surface area contributed by atoms with Crippen molar-refractivity contribution in [3.05, 3.63) is 95.6 Å². The third-order valence-corrected chi connectivity index (χ3v) is 11.3. The first-order valence-electron chi connectivity index (χ1n) is 19.6. The molecule has 278 valence electrons. The highest BCUT2D eigenvalue weighted by Gasteiger charge is 2.38. The van der Waals surface area contributed by atoms with Crippen LogP contribution >= 0.6 is 11.3 Å². The summed E-state index contributed by atoms with van der Waals surface area (Å²) in [5.74, 6) is 4.58. The van der Waals surface area contributed by atoms with Gasteiger partial charge in [-0.25, -0.2) is 9.13 Å². The van der Waals surface area contributed by atoms with Crippen LogP contribution in [-0.4, -0.2) is 24.1 Å². The molecule has 4 aromatic heterocycles. The SMILES string of the molecule is CC.CC.CC.CC.Cc1nn(C)c2[n+]1C(C)c1cc3c(cc1-2)sc1ccccc13.Cc1nn(C)c2[n+]1C(C)c1cc3c4ccccc4n(C)c3cc1-2. The Morgan fingerprint density at radius 3 is 1.57 bits per heavy atom. The lowest BCUT2D eigenvalue weighted by atomic mass is 10.0. The van der Waals surface area contributed by atoms with Gasteiger partial charge in [0, 0.05) is 84.2 Å². The van der Waals surface area contributed by atoms with Crippen LogP contribution in [0.5, 0.6) is 0 Å². The average Bonchev–Trinajstić information content (AvgIpc) is 4.01. The molecule has 8 heteroatoms. The molecule has 0 aliphatic carbocycles. The van der Waals surface area contributed by atoms with Crippen molar-refractivity contribution in [3.63, 3.8) is 0 Å². The van der Waals surface area contributed by atoms with Crippen LogP contribution in [0, 0.1) is 13.8 Å². The van der Waals surface area contributed by atoms with Crippen molar-refractivity contribution >= 4 is 53.3 Å². The Balaban J connectivity index is 0.000000173. The molecule has 53 heavy (non-hydrogen) atoms. The fraction of sp³-hybridized carbons (Fsp3) is 0.378. The lowest BCUT2D eigenvalue weighted by molar-refractivity contribution is -0.701. The van der Waals surface area contributed by atoms with E-state index in [1.807, 2.05) is 90.2 Å². The van der Waals surface area contributed by atoms with Gasteiger partial charge in [-0.1, -0.05) is 91.8 Å². The van der Waals surface area contributed by atoms with E-state index in [-0.39, 0.29) is 0 Å². The van der Waals surface area contributed by atoms with Crippen molar-refractivity contribution in [2.75, 3.05) is 0 Å². The zero-order valence-corrected chi connectivity index (χ0v) is 35.4. The normalized spacial score (nSPS) is 14.3. The van der Waals surface area contributed by atoms with E-state index in [2.05, 4.69) is 131 Å². The van der Waals surface area contributed by atoms with Gasteiger partial charge in [0.2, 0.25) is 0 Å². The Morgan fingerprint density at radius 2 is 1.00 bits per heavy atom. The van der Waals surface area contributed by atoms with Gasteiger partial charge in [-0.2, -0.15) is 0 Å². The molecular formula is C45H59N7S+2. The molecule has 0 amide bonds. The maximum absolute atomic E-state index is 4.60. The van der Waals surface area contributed by atoms with Crippen molar-refractivity contribution in [1.82, 2.24) is 24.1 Å². The monoisotopic (exact) mass is 729 g/mol. The summed E-state index contributed by atoms with van der Waals surface area (Å²) >= 11 is 1.88. The van der Waals surface area contributed by atoms with Gasteiger partial charge in [-0.3, -0.25) is 0 Å². The molecule has 4 aromatic carbocycles. The molecule has 2 aliphatic rings. The second-order valence-corrected chi connectivity index (χ2v) is 13.7. The molecule has 0 saturated carbocycles. The molecule has 0 saturated heterocycles. The quantitative estimate of drug-likeness (QED) is 0.146. The van der Waals surface area contributed by atoms with Gasteiger partial charge in [-0.15, -0.1) is 20.7 Å². The first-order chi connectivity index (χ1) is 25.7. The lowest BCUT2D eigenvalue weighted by Crippen LogP contribution is -2.37. The van der Waals surface area contributed by atoms with E-state index >= 15 is 0 Å². The van der Waals surface area contributed by atoms with Gasteiger partial charge >= 0.3 is 0 Å². The van der Waals surface area contributed by atoms with Gasteiger partial charge in [0.05, 0.1) is 25.2 Å². The van der Waals surface area contributed by atoms with Crippen LogP contribution in [0.1, 0.15) is 104 Å². The molecule has 0 spiro atoms. The van der Waals surface area contributed by atoms with Gasteiger partial charge in [-0.05, 0) is 50.2 Å². The Morgan fingerprint density at radius 1 is 0.528 bits per heavy atom.